The predicted molar refractivity (Wildman–Crippen MR) is 413 cm³/mol. The summed E-state index contributed by atoms with van der Waals surface area (Å²) >= 11 is 23.6. The molecule has 112 heavy (non-hydrogen) atoms. The summed E-state index contributed by atoms with van der Waals surface area (Å²) in [6.45, 7) is 3.01. The molecule has 9 aromatic carbocycles. The summed E-state index contributed by atoms with van der Waals surface area (Å²) in [6, 6.07) is 64.0. The molecule has 0 radical (unpaired) electrons. The number of aldehydes is 1. The number of nitrogens with one attached hydrogen (secondary N) is 3. The van der Waals surface area contributed by atoms with Crippen molar-refractivity contribution in [2.75, 3.05) is 82.1 Å². The van der Waals surface area contributed by atoms with Crippen LogP contribution in [0.15, 0.2) is 223 Å². The Morgan fingerprint density at radius 3 is 1.16 bits per heavy atom. The van der Waals surface area contributed by atoms with Crippen LogP contribution in [-0.4, -0.2) is 187 Å². The van der Waals surface area contributed by atoms with E-state index in [-0.39, 0.29) is 125 Å². The maximum Gasteiger partial charge on any atom is 2.00 e. The summed E-state index contributed by atoms with van der Waals surface area (Å²) < 4.78 is 68.5. The molecule has 3 unspecified atom stereocenters. The molecule has 0 heterocycles. The molecule has 3 amide bonds. The number of carbonyl (C=O) groups is 8. The van der Waals surface area contributed by atoms with Crippen molar-refractivity contribution in [3.8, 4) is 0 Å². The standard InChI is InChI=1S/C19H20ClNO5.C18H18ClNO5.C15H13ClO3.C9H8O3.C7H8O3S.C6H4Cl.C4H9NO3.BrH.Mg.Na.H2O/c1-24-18(22)15-7-3-5-13(11-15)17(14-6-4-8-16(20)12-14)26-10-9-21-19(23)25-2;1-24-18(23)20-8-9-25-16(13-5-3-7-15(19)11-13)12-4-2-6-14(10-12)17(21)22;1-19-15(18)12-6-2-4-10(8-12)14(17)11-5-3-7-13(16)9-11;1-12-9(11)8-4-2-3-7(5-8)6-10;1-6-2-4-7(5-3-6)11(8,9)10;7-6-4-2-1-3-5-6;1-8-4(7)5-2-3-6;;;;/h3-8,11-12,17H,9-10H2,1-2H3,(H,21,23);2-7,10-11,16H,8-9H2,1H3,(H,20,23)(H,21,22);2-9,14,17H,1H3;2-6H,1H3;2-5H,1H3,(H,8,9,10);1-2,4-5H;6H,2-3H2,1H3,(H,5,7);1H;;;1H2/q;;;;;-1;;;+2;+1;/p-2. The van der Waals surface area contributed by atoms with Gasteiger partial charge in [-0.25, -0.2) is 33.6 Å². The summed E-state index contributed by atoms with van der Waals surface area (Å²) in [4.78, 5) is 88.0. The molecule has 0 spiro atoms. The smallest absolute Gasteiger partial charge is 1.00 e. The number of benzene rings is 9. The van der Waals surface area contributed by atoms with Crippen LogP contribution in [0, 0.1) is 13.0 Å². The molecule has 0 saturated carbocycles. The fraction of sp³-hybridized carbons (Fsp3) is 0.205. The van der Waals surface area contributed by atoms with Crippen LogP contribution < -0.4 is 62.5 Å². The second kappa shape index (κ2) is 59.2. The van der Waals surface area contributed by atoms with Gasteiger partial charge in [0, 0.05) is 40.3 Å². The van der Waals surface area contributed by atoms with E-state index in [0.717, 1.165) is 27.3 Å². The van der Waals surface area contributed by atoms with Crippen LogP contribution in [0.3, 0.4) is 0 Å². The zero-order valence-corrected chi connectivity index (χ0v) is 70.8. The molecule has 3 atom stereocenters. The first-order valence-corrected chi connectivity index (χ1v) is 34.8. The van der Waals surface area contributed by atoms with Gasteiger partial charge in [-0.3, -0.25) is 9.35 Å². The fourth-order valence-corrected chi connectivity index (χ4v) is 9.90. The number of halogens is 5. The number of carboxylic acid groups (broad SMARTS) is 1. The molecule has 34 heteroatoms. The van der Waals surface area contributed by atoms with Gasteiger partial charge in [-0.1, -0.05) is 142 Å². The average molecular weight is 1730 g/mol. The van der Waals surface area contributed by atoms with E-state index in [9.17, 15) is 57.0 Å². The number of hydrogen-bond donors (Lipinski definition) is 7. The van der Waals surface area contributed by atoms with Crippen molar-refractivity contribution in [3.05, 3.63) is 311 Å². The summed E-state index contributed by atoms with van der Waals surface area (Å²) in [7, 11) is 3.78. The van der Waals surface area contributed by atoms with Crippen LogP contribution in [0.25, 0.3) is 0 Å². The number of carboxylic acids is 1. The third kappa shape index (κ3) is 41.3. The second-order valence-electron chi connectivity index (χ2n) is 21.5. The largest absolute Gasteiger partial charge is 2.00 e. The molecule has 9 rings (SSSR count). The Bertz CT molecular complexity index is 4450. The minimum absolute atomic E-state index is 0. The van der Waals surface area contributed by atoms with Gasteiger partial charge in [0.1, 0.15) is 24.6 Å². The molecular formula is C78H81BrCl4MgN3NaO23S. The Labute approximate surface area is 717 Å². The van der Waals surface area contributed by atoms with Crippen molar-refractivity contribution in [2.45, 2.75) is 30.1 Å². The molecule has 590 valence electrons. The van der Waals surface area contributed by atoms with Gasteiger partial charge in [0.05, 0.1) is 89.6 Å². The first-order valence-electron chi connectivity index (χ1n) is 31.9. The molecule has 0 aliphatic rings. The molecule has 0 bridgehead atoms. The van der Waals surface area contributed by atoms with Crippen LogP contribution in [0.2, 0.25) is 20.1 Å². The third-order valence-electron chi connectivity index (χ3n) is 13.8. The number of hydrogen-bond acceptors (Lipinski definition) is 21. The summed E-state index contributed by atoms with van der Waals surface area (Å²) in [5.74, 6) is -2.30. The van der Waals surface area contributed by atoms with Crippen LogP contribution in [-0.2, 0) is 48.0 Å². The van der Waals surface area contributed by atoms with E-state index < -0.39 is 70.6 Å². The van der Waals surface area contributed by atoms with Gasteiger partial charge in [-0.2, -0.15) is 50.4 Å². The Morgan fingerprint density at radius 1 is 0.473 bits per heavy atom. The van der Waals surface area contributed by atoms with Crippen molar-refractivity contribution < 1.29 is 157 Å². The number of aliphatic hydroxyl groups excluding tert-OH is 2. The molecule has 8 N–H and O–H groups in total. The molecule has 0 saturated heterocycles. The second-order valence-corrected chi connectivity index (χ2v) is 24.6. The van der Waals surface area contributed by atoms with E-state index in [1.165, 1.54) is 66.9 Å². The van der Waals surface area contributed by atoms with Gasteiger partial charge < -0.3 is 91.6 Å². The minimum atomic E-state index is -4.02. The van der Waals surface area contributed by atoms with Crippen molar-refractivity contribution in [1.82, 2.24) is 16.0 Å². The SMILES string of the molecule is COC(=O)NCCO.COC(=O)NCCOC(c1cccc(Cl)c1)c1cccc(C(=O)O)c1.COC(=O)NCCOC(c1cccc(Cl)c1)c1cccc(C(=O)OC)c1.COC(=O)c1cccc(C(O)c2cccc(Cl)c2)c1.COC(=O)c1cccc(C=O)c1.Cc1ccc(S(=O)(=O)O)cc1.Clc1c[c-]ccc1.[Br-].[Mg+2].[Na+].[OH-]. The Balaban J connectivity index is 0. The maximum atomic E-state index is 11.8. The number of alkyl carbamates (subject to hydrolysis) is 3. The Kier molecular flexibility index (Phi) is 55.8. The number of aryl methyl sites for hydroxylation is 1. The topological polar surface area (TPSA) is 392 Å². The average Bonchev–Trinajstić information content (AvgIpc) is 0.645. The number of methoxy groups -OCH3 is 6. The number of carbonyl (C=O) groups excluding carboxylic acids is 7. The van der Waals surface area contributed by atoms with E-state index >= 15 is 0 Å². The minimum Gasteiger partial charge on any atom is -1.00 e. The molecule has 0 aromatic heterocycles. The van der Waals surface area contributed by atoms with E-state index in [1.807, 2.05) is 49.4 Å². The molecule has 0 aliphatic carbocycles. The van der Waals surface area contributed by atoms with Crippen molar-refractivity contribution in [3.63, 3.8) is 0 Å². The van der Waals surface area contributed by atoms with E-state index in [0.29, 0.717) is 60.3 Å². The van der Waals surface area contributed by atoms with Crippen LogP contribution >= 0.6 is 46.4 Å². The van der Waals surface area contributed by atoms with Crippen LogP contribution in [0.1, 0.15) is 109 Å². The first kappa shape index (κ1) is 106. The summed E-state index contributed by atoms with van der Waals surface area (Å²) in [6.07, 6.45) is -2.71. The summed E-state index contributed by atoms with van der Waals surface area (Å²) in [5.41, 5.74) is 7.17. The number of esters is 3. The predicted octanol–water partition coefficient (Wildman–Crippen LogP) is 7.75. The molecule has 26 nitrogen and oxygen atoms in total. The van der Waals surface area contributed by atoms with Crippen LogP contribution in [0.4, 0.5) is 14.4 Å². The number of aromatic carboxylic acids is 1. The normalized spacial score (nSPS) is 10.5. The van der Waals surface area contributed by atoms with Gasteiger partial charge in [-0.15, -0.1) is 0 Å². The van der Waals surface area contributed by atoms with E-state index in [2.05, 4.69) is 45.7 Å². The van der Waals surface area contributed by atoms with Crippen molar-refractivity contribution in [1.29, 1.82) is 0 Å². The third-order valence-corrected chi connectivity index (χ3v) is 15.6. The van der Waals surface area contributed by atoms with Gasteiger partial charge in [0.2, 0.25) is 0 Å². The zero-order valence-electron chi connectivity index (χ0n) is 61.9. The van der Waals surface area contributed by atoms with Gasteiger partial charge in [0.25, 0.3) is 10.1 Å². The van der Waals surface area contributed by atoms with Gasteiger partial charge in [0.15, 0.2) is 0 Å². The monoisotopic (exact) mass is 1730 g/mol. The van der Waals surface area contributed by atoms with Gasteiger partial charge in [-0.05, 0) is 137 Å². The molecule has 0 fully saturated rings. The molecular weight excluding hydrogens is 1650 g/mol. The quantitative estimate of drug-likeness (QED) is 0.00648. The number of ether oxygens (including phenoxy) is 8. The zero-order chi connectivity index (χ0) is 80.0. The Morgan fingerprint density at radius 2 is 0.812 bits per heavy atom. The van der Waals surface area contributed by atoms with E-state index in [4.69, 9.17) is 70.3 Å². The number of amides is 3. The fourth-order valence-electron chi connectivity index (χ4n) is 8.69. The van der Waals surface area contributed by atoms with E-state index in [1.54, 1.807) is 152 Å². The number of rotatable bonds is 22. The maximum absolute atomic E-state index is 11.8. The van der Waals surface area contributed by atoms with Crippen molar-refractivity contribution in [2.24, 2.45) is 0 Å². The van der Waals surface area contributed by atoms with Gasteiger partial charge >= 0.3 is 94.8 Å². The number of aliphatic hydroxyl groups is 2. The van der Waals surface area contributed by atoms with Crippen molar-refractivity contribution >= 4 is 128 Å². The van der Waals surface area contributed by atoms with Crippen LogP contribution in [0.5, 0.6) is 0 Å². The first-order chi connectivity index (χ1) is 51.6. The summed E-state index contributed by atoms with van der Waals surface area (Å²) in [5, 5.41) is 37.4. The molecule has 0 aliphatic heterocycles. The Hall–Kier alpha value is -8.54. The molecule has 9 aromatic rings.